The van der Waals surface area contributed by atoms with Gasteiger partial charge in [-0.1, -0.05) is 90.1 Å². The molecule has 0 aromatic heterocycles. The van der Waals surface area contributed by atoms with Gasteiger partial charge in [-0.15, -0.1) is 0 Å². The summed E-state index contributed by atoms with van der Waals surface area (Å²) in [4.78, 5) is 10.9. The predicted molar refractivity (Wildman–Crippen MR) is 215 cm³/mol. The highest BCUT2D eigenvalue weighted by molar-refractivity contribution is 7.79. The molecule has 0 spiro atoms. The molecular formula is C41H60NO6PS. The Balaban J connectivity index is 0.000000749. The maximum atomic E-state index is 10.9. The van der Waals surface area contributed by atoms with Crippen molar-refractivity contribution >= 4 is 37.8 Å². The number of hydrogen-bond acceptors (Lipinski definition) is 8. The molecule has 4 aromatic rings. The van der Waals surface area contributed by atoms with Crippen LogP contribution in [0.25, 0.3) is 10.8 Å². The molecule has 0 amide bonds. The van der Waals surface area contributed by atoms with Gasteiger partial charge < -0.3 is 25.1 Å². The quantitative estimate of drug-likeness (QED) is 0.0802. The Bertz CT molecular complexity index is 1530. The molecule has 1 atom stereocenters. The minimum atomic E-state index is -0.504. The van der Waals surface area contributed by atoms with Crippen molar-refractivity contribution in [3.8, 4) is 17.2 Å². The number of nitrogens with two attached hydrogens (primary N) is 1. The van der Waals surface area contributed by atoms with Crippen molar-refractivity contribution in [2.24, 2.45) is 5.73 Å². The molecule has 0 fully saturated rings. The summed E-state index contributed by atoms with van der Waals surface area (Å²) in [6.45, 7) is 17.9. The van der Waals surface area contributed by atoms with E-state index in [9.17, 15) is 14.5 Å². The molecule has 0 heterocycles. The van der Waals surface area contributed by atoms with Crippen molar-refractivity contribution in [3.63, 3.8) is 0 Å². The summed E-state index contributed by atoms with van der Waals surface area (Å²) in [5.41, 5.74) is 11.1. The monoisotopic (exact) mass is 725 g/mol. The van der Waals surface area contributed by atoms with Gasteiger partial charge in [0.15, 0.2) is 14.8 Å². The van der Waals surface area contributed by atoms with Crippen LogP contribution in [0.5, 0.6) is 17.2 Å². The number of aromatic hydroxyl groups is 1. The van der Waals surface area contributed by atoms with E-state index in [0.29, 0.717) is 11.7 Å². The number of ether oxygens (including phenoxy) is 3. The highest BCUT2D eigenvalue weighted by Gasteiger charge is 2.14. The van der Waals surface area contributed by atoms with Crippen LogP contribution in [0.4, 0.5) is 0 Å². The Kier molecular flexibility index (Phi) is 24.4. The summed E-state index contributed by atoms with van der Waals surface area (Å²) in [5, 5.41) is 12.3. The fourth-order valence-corrected chi connectivity index (χ4v) is 5.10. The van der Waals surface area contributed by atoms with E-state index in [-0.39, 0.29) is 26.9 Å². The van der Waals surface area contributed by atoms with E-state index in [1.54, 1.807) is 26.4 Å². The molecule has 0 saturated carbocycles. The minimum absolute atomic E-state index is 0.0123. The van der Waals surface area contributed by atoms with Gasteiger partial charge in [0.25, 0.3) is 0 Å². The summed E-state index contributed by atoms with van der Waals surface area (Å²) < 4.78 is 26.2. The van der Waals surface area contributed by atoms with E-state index >= 15 is 0 Å². The van der Waals surface area contributed by atoms with E-state index in [1.165, 1.54) is 21.9 Å². The largest absolute Gasteiger partial charge is 0.508 e. The van der Waals surface area contributed by atoms with Crippen molar-refractivity contribution in [3.05, 3.63) is 101 Å². The van der Waals surface area contributed by atoms with Crippen LogP contribution >= 0.6 is 21.1 Å². The van der Waals surface area contributed by atoms with Gasteiger partial charge in [0.1, 0.15) is 29.4 Å². The molecule has 0 aliphatic carbocycles. The number of carbonyl (C=O) groups excluding carboxylic acids is 1. The minimum Gasteiger partial charge on any atom is -0.508 e. The van der Waals surface area contributed by atoms with Crippen LogP contribution in [-0.4, -0.2) is 42.9 Å². The number of fused-ring (bicyclic) bond motifs is 1. The van der Waals surface area contributed by atoms with Crippen molar-refractivity contribution in [2.45, 2.75) is 99.6 Å². The topological polar surface area (TPSA) is 108 Å². The maximum absolute atomic E-state index is 10.9. The number of phenols is 1. The van der Waals surface area contributed by atoms with Crippen LogP contribution in [0.3, 0.4) is 0 Å². The number of esters is 1. The number of rotatable bonds is 11. The Hall–Kier alpha value is -3.58. The van der Waals surface area contributed by atoms with Gasteiger partial charge in [0, 0.05) is 5.39 Å². The van der Waals surface area contributed by atoms with Crippen molar-refractivity contribution < 1.29 is 28.7 Å². The summed E-state index contributed by atoms with van der Waals surface area (Å²) in [5.74, 6) is 2.03. The molecule has 3 N–H and O–H groups in total. The highest BCUT2D eigenvalue weighted by atomic mass is 32.1. The lowest BCUT2D eigenvalue weighted by atomic mass is 9.93. The second-order valence-electron chi connectivity index (χ2n) is 11.5. The average Bonchev–Trinajstić information content (AvgIpc) is 3.13. The lowest BCUT2D eigenvalue weighted by molar-refractivity contribution is -0.150. The zero-order valence-electron chi connectivity index (χ0n) is 31.9. The predicted octanol–water partition coefficient (Wildman–Crippen LogP) is 10.8. The Morgan fingerprint density at radius 2 is 1.48 bits per heavy atom. The van der Waals surface area contributed by atoms with Gasteiger partial charge in [0.2, 0.25) is 0 Å². The second-order valence-corrected chi connectivity index (χ2v) is 12.0. The maximum Gasteiger partial charge on any atom is 0.322 e. The lowest BCUT2D eigenvalue weighted by Gasteiger charge is -2.15. The average molecular weight is 726 g/mol. The van der Waals surface area contributed by atoms with E-state index in [2.05, 4.69) is 64.6 Å². The first kappa shape index (κ1) is 46.4. The zero-order chi connectivity index (χ0) is 38.2. The van der Waals surface area contributed by atoms with Crippen LogP contribution < -0.4 is 15.2 Å². The molecule has 9 heteroatoms. The molecule has 0 radical (unpaired) electrons. The summed E-state index contributed by atoms with van der Waals surface area (Å²) in [6.07, 6.45) is 4.43. The molecule has 0 unspecified atom stereocenters. The van der Waals surface area contributed by atoms with Crippen LogP contribution in [-0.2, 0) is 20.5 Å². The molecule has 4 rings (SSSR count). The molecule has 0 bridgehead atoms. The van der Waals surface area contributed by atoms with Crippen LogP contribution in [0.15, 0.2) is 72.8 Å². The molecule has 276 valence electrons. The molecule has 50 heavy (non-hydrogen) atoms. The van der Waals surface area contributed by atoms with E-state index in [0.717, 1.165) is 47.5 Å². The normalized spacial score (nSPS) is 10.7. The van der Waals surface area contributed by atoms with Crippen molar-refractivity contribution in [1.82, 2.24) is 0 Å². The molecule has 0 saturated heterocycles. The fourth-order valence-electron chi connectivity index (χ4n) is 4.90. The lowest BCUT2D eigenvalue weighted by Crippen LogP contribution is -2.31. The van der Waals surface area contributed by atoms with Gasteiger partial charge in [-0.2, -0.15) is 12.6 Å². The molecular weight excluding hydrogens is 665 g/mol. The number of hydrogen-bond donors (Lipinski definition) is 3. The summed E-state index contributed by atoms with van der Waals surface area (Å²) in [7, 11) is 1.68. The summed E-state index contributed by atoms with van der Waals surface area (Å²) in [6, 6.07) is 23.5. The van der Waals surface area contributed by atoms with E-state index in [1.807, 2.05) is 70.2 Å². The second kappa shape index (κ2) is 26.3. The molecule has 0 aliphatic heterocycles. The van der Waals surface area contributed by atoms with Gasteiger partial charge >= 0.3 is 5.97 Å². The standard InChI is InChI=1S/C19H23O3P.C11H10O.C8H17NO2.C2H6.CH4S/c1-12(2)17-9-15(5-6-19(17)20)10-18-13(3)7-16(8-14(18)4)22-11-23-21;1-12-11-8-4-6-9-5-2-3-7-10(9)11;1-4-7(5-2)11-8(10)6(3)9;2*1-2/h5-9,12,20H,10-11H2,1-4H3;2-8H,1H3;6-7H,4-5,9H2,1-3H3;1-2H3;2H,1H3/t;;6-;;/m..0../s1. The number of aryl methyl sites for hydroxylation is 2. The molecule has 4 aromatic carbocycles. The first-order valence-electron chi connectivity index (χ1n) is 17.2. The van der Waals surface area contributed by atoms with E-state index < -0.39 is 6.04 Å². The third-order valence-electron chi connectivity index (χ3n) is 7.58. The SMILES string of the molecule is CC.CCC(CC)OC(=O)[C@H](C)N.COc1cccc2ccccc12.CS.Cc1cc(OCP=O)cc(C)c1Cc1ccc(O)c(C(C)C)c1. The first-order valence-corrected chi connectivity index (χ1v) is 19.1. The molecule has 7 nitrogen and oxygen atoms in total. The van der Waals surface area contributed by atoms with Gasteiger partial charge in [-0.3, -0.25) is 9.36 Å². The number of benzene rings is 4. The first-order chi connectivity index (χ1) is 23.9. The van der Waals surface area contributed by atoms with Crippen LogP contribution in [0.1, 0.15) is 95.0 Å². The van der Waals surface area contributed by atoms with Gasteiger partial charge in [-0.05, 0) is 110 Å². The summed E-state index contributed by atoms with van der Waals surface area (Å²) >= 11 is 3.53. The van der Waals surface area contributed by atoms with Gasteiger partial charge in [-0.25, -0.2) is 0 Å². The van der Waals surface area contributed by atoms with E-state index in [4.69, 9.17) is 19.9 Å². The number of carbonyl (C=O) groups is 1. The Morgan fingerprint density at radius 1 is 0.900 bits per heavy atom. The number of phenolic OH excluding ortho intramolecular Hbond substituents is 1. The van der Waals surface area contributed by atoms with Crippen molar-refractivity contribution in [2.75, 3.05) is 19.7 Å². The zero-order valence-corrected chi connectivity index (χ0v) is 33.7. The number of thiol groups is 1. The Labute approximate surface area is 308 Å². The van der Waals surface area contributed by atoms with Crippen molar-refractivity contribution in [1.29, 1.82) is 0 Å². The van der Waals surface area contributed by atoms with Gasteiger partial charge in [0.05, 0.1) is 7.11 Å². The Morgan fingerprint density at radius 3 is 2.00 bits per heavy atom. The van der Waals surface area contributed by atoms with Crippen LogP contribution in [0, 0.1) is 13.8 Å². The third kappa shape index (κ3) is 16.0. The fraction of sp³-hybridized carbons (Fsp3) is 0.439. The van der Waals surface area contributed by atoms with Crippen LogP contribution in [0.2, 0.25) is 0 Å². The highest BCUT2D eigenvalue weighted by Crippen LogP contribution is 2.30. The smallest absolute Gasteiger partial charge is 0.322 e. The molecule has 0 aliphatic rings. The number of methoxy groups -OCH3 is 1. The third-order valence-corrected chi connectivity index (χ3v) is 7.82.